The highest BCUT2D eigenvalue weighted by molar-refractivity contribution is 6.37. The van der Waals surface area contributed by atoms with Crippen molar-refractivity contribution in [1.29, 1.82) is 0 Å². The van der Waals surface area contributed by atoms with Crippen LogP contribution in [0.15, 0.2) is 12.1 Å². The van der Waals surface area contributed by atoms with E-state index in [4.69, 9.17) is 27.9 Å². The van der Waals surface area contributed by atoms with Crippen LogP contribution in [-0.4, -0.2) is 30.8 Å². The van der Waals surface area contributed by atoms with Gasteiger partial charge in [0.1, 0.15) is 0 Å². The zero-order chi connectivity index (χ0) is 13.7. The number of nitrogens with one attached hydrogen (secondary N) is 1. The first kappa shape index (κ1) is 15.1. The largest absolute Gasteiger partial charge is 0.494 e. The van der Waals surface area contributed by atoms with Crippen molar-refractivity contribution in [2.24, 2.45) is 0 Å². The van der Waals surface area contributed by atoms with Gasteiger partial charge in [-0.05, 0) is 18.6 Å². The highest BCUT2D eigenvalue weighted by Gasteiger charge is 2.14. The van der Waals surface area contributed by atoms with E-state index in [1.807, 2.05) is 6.92 Å². The lowest BCUT2D eigenvalue weighted by atomic mass is 10.2. The minimum absolute atomic E-state index is 0.191. The molecule has 1 aromatic carbocycles. The summed E-state index contributed by atoms with van der Waals surface area (Å²) < 4.78 is 4.99. The van der Waals surface area contributed by atoms with Gasteiger partial charge in [0.2, 0.25) is 0 Å². The SMILES string of the molecule is CCC(O)CNC(=O)c1cc(Cl)c(OC)c(Cl)c1. The molecule has 1 rings (SSSR count). The fraction of sp³-hybridized carbons (Fsp3) is 0.417. The maximum atomic E-state index is 11.8. The maximum absolute atomic E-state index is 11.8. The van der Waals surface area contributed by atoms with Crippen molar-refractivity contribution in [3.05, 3.63) is 27.7 Å². The van der Waals surface area contributed by atoms with Gasteiger partial charge in [0.15, 0.2) is 5.75 Å². The minimum Gasteiger partial charge on any atom is -0.494 e. The molecule has 0 aliphatic carbocycles. The molecular formula is C12H15Cl2NO3. The summed E-state index contributed by atoms with van der Waals surface area (Å²) in [5.74, 6) is -0.00238. The van der Waals surface area contributed by atoms with Crippen molar-refractivity contribution in [2.45, 2.75) is 19.4 Å². The van der Waals surface area contributed by atoms with E-state index in [2.05, 4.69) is 5.32 Å². The van der Waals surface area contributed by atoms with Gasteiger partial charge in [-0.25, -0.2) is 0 Å². The molecule has 2 N–H and O–H groups in total. The molecule has 0 spiro atoms. The van der Waals surface area contributed by atoms with Gasteiger partial charge >= 0.3 is 0 Å². The number of aliphatic hydroxyl groups is 1. The lowest BCUT2D eigenvalue weighted by Crippen LogP contribution is -2.31. The smallest absolute Gasteiger partial charge is 0.251 e. The van der Waals surface area contributed by atoms with Crippen molar-refractivity contribution in [3.63, 3.8) is 0 Å². The minimum atomic E-state index is -0.557. The molecule has 0 aromatic heterocycles. The van der Waals surface area contributed by atoms with E-state index in [0.29, 0.717) is 17.7 Å². The molecule has 18 heavy (non-hydrogen) atoms. The van der Waals surface area contributed by atoms with E-state index in [9.17, 15) is 9.90 Å². The molecule has 0 radical (unpaired) electrons. The van der Waals surface area contributed by atoms with Crippen LogP contribution in [0, 0.1) is 0 Å². The summed E-state index contributed by atoms with van der Waals surface area (Å²) in [4.78, 5) is 11.8. The van der Waals surface area contributed by atoms with Crippen LogP contribution in [0.1, 0.15) is 23.7 Å². The van der Waals surface area contributed by atoms with Gasteiger partial charge < -0.3 is 15.2 Å². The third-order valence-electron chi connectivity index (χ3n) is 2.43. The molecule has 1 aromatic rings. The third kappa shape index (κ3) is 3.77. The van der Waals surface area contributed by atoms with Crippen molar-refractivity contribution in [3.8, 4) is 5.75 Å². The quantitative estimate of drug-likeness (QED) is 0.876. The molecule has 4 nitrogen and oxygen atoms in total. The summed E-state index contributed by atoms with van der Waals surface area (Å²) in [6, 6.07) is 2.94. The van der Waals surface area contributed by atoms with Crippen LogP contribution in [0.25, 0.3) is 0 Å². The van der Waals surface area contributed by atoms with Crippen molar-refractivity contribution >= 4 is 29.1 Å². The average Bonchev–Trinajstić information content (AvgIpc) is 2.34. The first-order valence-corrected chi connectivity index (χ1v) is 6.24. The Balaban J connectivity index is 2.81. The Morgan fingerprint density at radius 3 is 2.44 bits per heavy atom. The van der Waals surface area contributed by atoms with Gasteiger partial charge in [0, 0.05) is 12.1 Å². The van der Waals surface area contributed by atoms with Crippen LogP contribution in [0.2, 0.25) is 10.0 Å². The van der Waals surface area contributed by atoms with Gasteiger partial charge in [0.25, 0.3) is 5.91 Å². The molecule has 1 atom stereocenters. The fourth-order valence-electron chi connectivity index (χ4n) is 1.34. The van der Waals surface area contributed by atoms with Crippen molar-refractivity contribution in [1.82, 2.24) is 5.32 Å². The molecule has 0 heterocycles. The van der Waals surface area contributed by atoms with Crippen LogP contribution in [0.3, 0.4) is 0 Å². The van der Waals surface area contributed by atoms with E-state index in [1.54, 1.807) is 0 Å². The fourth-order valence-corrected chi connectivity index (χ4v) is 1.98. The summed E-state index contributed by atoms with van der Waals surface area (Å²) >= 11 is 11.9. The lowest BCUT2D eigenvalue weighted by molar-refractivity contribution is 0.0914. The number of hydrogen-bond acceptors (Lipinski definition) is 3. The first-order valence-electron chi connectivity index (χ1n) is 5.48. The molecule has 0 saturated carbocycles. The number of carbonyl (C=O) groups is 1. The lowest BCUT2D eigenvalue weighted by Gasteiger charge is -2.11. The highest BCUT2D eigenvalue weighted by Crippen LogP contribution is 2.33. The number of halogens is 2. The van der Waals surface area contributed by atoms with Crippen LogP contribution in [0.5, 0.6) is 5.75 Å². The molecular weight excluding hydrogens is 277 g/mol. The summed E-state index contributed by atoms with van der Waals surface area (Å²) in [6.45, 7) is 2.02. The predicted octanol–water partition coefficient (Wildman–Crippen LogP) is 2.50. The third-order valence-corrected chi connectivity index (χ3v) is 3.00. The zero-order valence-electron chi connectivity index (χ0n) is 10.2. The summed E-state index contributed by atoms with van der Waals surface area (Å²) in [5, 5.41) is 12.5. The van der Waals surface area contributed by atoms with Crippen LogP contribution in [0.4, 0.5) is 0 Å². The second kappa shape index (κ2) is 6.83. The molecule has 6 heteroatoms. The second-order valence-corrected chi connectivity index (χ2v) is 4.56. The zero-order valence-corrected chi connectivity index (χ0v) is 11.7. The van der Waals surface area contributed by atoms with Gasteiger partial charge in [-0.2, -0.15) is 0 Å². The summed E-state index contributed by atoms with van der Waals surface area (Å²) in [7, 11) is 1.45. The molecule has 100 valence electrons. The molecule has 1 unspecified atom stereocenters. The van der Waals surface area contributed by atoms with Crippen molar-refractivity contribution in [2.75, 3.05) is 13.7 Å². The van der Waals surface area contributed by atoms with E-state index in [1.165, 1.54) is 19.2 Å². The standard InChI is InChI=1S/C12H15Cl2NO3/c1-3-8(16)6-15-12(17)7-4-9(13)11(18-2)10(14)5-7/h4-5,8,16H,3,6H2,1-2H3,(H,15,17). The van der Waals surface area contributed by atoms with E-state index < -0.39 is 6.10 Å². The monoisotopic (exact) mass is 291 g/mol. The van der Waals surface area contributed by atoms with Crippen molar-refractivity contribution < 1.29 is 14.6 Å². The van der Waals surface area contributed by atoms with E-state index in [0.717, 1.165) is 0 Å². The molecule has 0 aliphatic heterocycles. The molecule has 1 amide bonds. The van der Waals surface area contributed by atoms with Crippen LogP contribution < -0.4 is 10.1 Å². The van der Waals surface area contributed by atoms with Gasteiger partial charge in [-0.3, -0.25) is 4.79 Å². The predicted molar refractivity (Wildman–Crippen MR) is 71.6 cm³/mol. The molecule has 0 aliphatic rings. The molecule has 0 fully saturated rings. The Bertz CT molecular complexity index is 414. The Morgan fingerprint density at radius 2 is 2.00 bits per heavy atom. The van der Waals surface area contributed by atoms with Gasteiger partial charge in [0.05, 0.1) is 23.3 Å². The number of hydrogen-bond donors (Lipinski definition) is 2. The number of aliphatic hydroxyl groups excluding tert-OH is 1. The Labute approximate surface area is 116 Å². The second-order valence-electron chi connectivity index (χ2n) is 3.75. The van der Waals surface area contributed by atoms with Crippen LogP contribution in [-0.2, 0) is 0 Å². The first-order chi connectivity index (χ1) is 8.49. The van der Waals surface area contributed by atoms with E-state index >= 15 is 0 Å². The average molecular weight is 292 g/mol. The summed E-state index contributed by atoms with van der Waals surface area (Å²) in [5.41, 5.74) is 0.328. The number of rotatable bonds is 5. The normalized spacial score (nSPS) is 12.1. The maximum Gasteiger partial charge on any atom is 0.251 e. The van der Waals surface area contributed by atoms with Gasteiger partial charge in [-0.15, -0.1) is 0 Å². The van der Waals surface area contributed by atoms with Gasteiger partial charge in [-0.1, -0.05) is 30.1 Å². The number of ether oxygens (including phenoxy) is 1. The van der Waals surface area contributed by atoms with Crippen LogP contribution >= 0.6 is 23.2 Å². The topological polar surface area (TPSA) is 58.6 Å². The Hall–Kier alpha value is -0.970. The Morgan fingerprint density at radius 1 is 1.44 bits per heavy atom. The Kier molecular flexibility index (Phi) is 5.72. The number of benzene rings is 1. The number of carbonyl (C=O) groups excluding carboxylic acids is 1. The molecule has 0 bridgehead atoms. The van der Waals surface area contributed by atoms with E-state index in [-0.39, 0.29) is 22.5 Å². The highest BCUT2D eigenvalue weighted by atomic mass is 35.5. The molecule has 0 saturated heterocycles. The summed E-state index contributed by atoms with van der Waals surface area (Å²) in [6.07, 6.45) is 0.0165. The number of methoxy groups -OCH3 is 1. The number of amides is 1.